The molecule has 0 aromatic heterocycles. The first-order valence-corrected chi connectivity index (χ1v) is 4.73. The summed E-state index contributed by atoms with van der Waals surface area (Å²) in [7, 11) is 0. The van der Waals surface area contributed by atoms with Gasteiger partial charge in [0.25, 0.3) is 0 Å². The topological polar surface area (TPSA) is 46.2 Å². The van der Waals surface area contributed by atoms with Crippen molar-refractivity contribution in [1.82, 2.24) is 0 Å². The predicted octanol–water partition coefficient (Wildman–Crippen LogP) is 1.37. The first-order valence-electron chi connectivity index (χ1n) is 2.55. The Balaban J connectivity index is 3.52. The molecule has 1 unspecified atom stereocenters. The molecule has 2 nitrogen and oxygen atoms in total. The monoisotopic (exact) mass is 223 g/mol. The first kappa shape index (κ1) is 11.1. The molecule has 0 aliphatic rings. The number of hydrogen-bond acceptors (Lipinski definition) is 3. The van der Waals surface area contributed by atoms with E-state index in [-0.39, 0.29) is 0 Å². The normalized spacial score (nSPS) is 15.3. The van der Waals surface area contributed by atoms with Crippen LogP contribution in [0.15, 0.2) is 0 Å². The van der Waals surface area contributed by atoms with E-state index in [9.17, 15) is 0 Å². The molecule has 1 atom stereocenters. The van der Waals surface area contributed by atoms with Crippen LogP contribution in [0.1, 0.15) is 0 Å². The van der Waals surface area contributed by atoms with Crippen molar-refractivity contribution in [2.24, 2.45) is 5.73 Å². The highest BCUT2D eigenvalue weighted by Gasteiger charge is 2.30. The van der Waals surface area contributed by atoms with Crippen LogP contribution in [0.5, 0.6) is 0 Å². The van der Waals surface area contributed by atoms with Crippen LogP contribution in [0.2, 0.25) is 0 Å². The van der Waals surface area contributed by atoms with Gasteiger partial charge in [-0.1, -0.05) is 34.8 Å². The summed E-state index contributed by atoms with van der Waals surface area (Å²) in [6, 6.07) is 0. The second kappa shape index (κ2) is 4.91. The zero-order valence-electron chi connectivity index (χ0n) is 5.06. The van der Waals surface area contributed by atoms with Gasteiger partial charge in [0.15, 0.2) is 0 Å². The van der Waals surface area contributed by atoms with Crippen LogP contribution < -0.4 is 5.73 Å². The Hall–Kier alpha value is 1.14. The fourth-order valence-electron chi connectivity index (χ4n) is 0.274. The van der Waals surface area contributed by atoms with Gasteiger partial charge in [0.2, 0.25) is 3.79 Å². The molecule has 0 aliphatic heterocycles. The average Bonchev–Trinajstić information content (AvgIpc) is 1.80. The van der Waals surface area contributed by atoms with Crippen LogP contribution >= 0.6 is 46.6 Å². The second-order valence-corrected chi connectivity index (χ2v) is 5.11. The largest absolute Gasteiger partial charge is 0.378 e. The Morgan fingerprint density at radius 3 is 2.30 bits per heavy atom. The lowest BCUT2D eigenvalue weighted by Gasteiger charge is -2.17. The molecule has 0 bridgehead atoms. The maximum atomic E-state index is 9.03. The summed E-state index contributed by atoms with van der Waals surface area (Å²) in [4.78, 5) is 0. The smallest absolute Gasteiger partial charge is 0.225 e. The van der Waals surface area contributed by atoms with E-state index in [4.69, 9.17) is 45.6 Å². The lowest BCUT2D eigenvalue weighted by molar-refractivity contribution is 0.268. The summed E-state index contributed by atoms with van der Waals surface area (Å²) < 4.78 is -1.61. The van der Waals surface area contributed by atoms with Crippen molar-refractivity contribution < 1.29 is 5.11 Å². The van der Waals surface area contributed by atoms with Gasteiger partial charge in [-0.2, -0.15) is 0 Å². The molecule has 0 aliphatic carbocycles. The van der Waals surface area contributed by atoms with Gasteiger partial charge in [0.1, 0.15) is 5.44 Å². The van der Waals surface area contributed by atoms with E-state index in [1.54, 1.807) is 0 Å². The Morgan fingerprint density at radius 2 is 2.00 bits per heavy atom. The Morgan fingerprint density at radius 1 is 1.50 bits per heavy atom. The molecule has 0 aromatic carbocycles. The van der Waals surface area contributed by atoms with Crippen molar-refractivity contribution in [3.63, 3.8) is 0 Å². The maximum absolute atomic E-state index is 9.03. The Kier molecular flexibility index (Phi) is 5.47. The van der Waals surface area contributed by atoms with Crippen LogP contribution in [0, 0.1) is 0 Å². The highest BCUT2D eigenvalue weighted by Crippen LogP contribution is 2.35. The summed E-state index contributed by atoms with van der Waals surface area (Å²) in [6.45, 7) is 0.461. The van der Waals surface area contributed by atoms with E-state index >= 15 is 0 Å². The summed E-state index contributed by atoms with van der Waals surface area (Å²) in [5, 5.41) is 9.03. The number of halogens is 3. The van der Waals surface area contributed by atoms with Crippen LogP contribution in [-0.4, -0.2) is 26.6 Å². The molecule has 0 radical (unpaired) electrons. The third-order valence-electron chi connectivity index (χ3n) is 0.674. The lowest BCUT2D eigenvalue weighted by Crippen LogP contribution is -2.22. The molecule has 0 amide bonds. The van der Waals surface area contributed by atoms with Crippen LogP contribution in [0.3, 0.4) is 0 Å². The van der Waals surface area contributed by atoms with Gasteiger partial charge < -0.3 is 10.8 Å². The van der Waals surface area contributed by atoms with Crippen molar-refractivity contribution >= 4 is 46.6 Å². The van der Waals surface area contributed by atoms with Crippen LogP contribution in [0.25, 0.3) is 0 Å². The van der Waals surface area contributed by atoms with Crippen LogP contribution in [0.4, 0.5) is 0 Å². The van der Waals surface area contributed by atoms with Gasteiger partial charge in [-0.25, -0.2) is 0 Å². The number of nitrogens with two attached hydrogens (primary N) is 1. The molecule has 0 saturated heterocycles. The molecule has 0 spiro atoms. The highest BCUT2D eigenvalue weighted by atomic mass is 35.6. The van der Waals surface area contributed by atoms with E-state index < -0.39 is 9.23 Å². The van der Waals surface area contributed by atoms with E-state index in [0.29, 0.717) is 12.3 Å². The van der Waals surface area contributed by atoms with Gasteiger partial charge in [-0.05, 0) is 0 Å². The number of aliphatic hydroxyl groups excluding tert-OH is 1. The standard InChI is InChI=1S/C4H8Cl3NOS/c5-4(6,7)3(9)10-2-1-8/h3,9H,1-2,8H2. The van der Waals surface area contributed by atoms with Crippen molar-refractivity contribution in [3.8, 4) is 0 Å². The third-order valence-corrected chi connectivity index (χ3v) is 2.82. The van der Waals surface area contributed by atoms with Crippen molar-refractivity contribution in [3.05, 3.63) is 0 Å². The summed E-state index contributed by atoms with van der Waals surface area (Å²) in [5.74, 6) is 0.578. The Bertz CT molecular complexity index is 97.0. The molecule has 0 aromatic rings. The number of hydrogen-bond donors (Lipinski definition) is 2. The lowest BCUT2D eigenvalue weighted by atomic mass is 10.8. The Labute approximate surface area is 79.0 Å². The minimum absolute atomic E-state index is 0.461. The number of rotatable bonds is 3. The highest BCUT2D eigenvalue weighted by molar-refractivity contribution is 8.00. The van der Waals surface area contributed by atoms with E-state index in [0.717, 1.165) is 11.8 Å². The summed E-state index contributed by atoms with van der Waals surface area (Å²) in [6.07, 6.45) is 0. The SMILES string of the molecule is NCCSC(O)C(Cl)(Cl)Cl. The second-order valence-electron chi connectivity index (χ2n) is 1.55. The minimum atomic E-state index is -1.61. The van der Waals surface area contributed by atoms with Crippen molar-refractivity contribution in [2.45, 2.75) is 9.23 Å². The fourth-order valence-corrected chi connectivity index (χ4v) is 1.39. The molecule has 6 heteroatoms. The summed E-state index contributed by atoms with van der Waals surface area (Å²) in [5.41, 5.74) is 4.16. The average molecular weight is 225 g/mol. The van der Waals surface area contributed by atoms with Gasteiger partial charge in [0.05, 0.1) is 0 Å². The molecular weight excluding hydrogens is 216 g/mol. The van der Waals surface area contributed by atoms with E-state index in [1.165, 1.54) is 0 Å². The predicted molar refractivity (Wildman–Crippen MR) is 47.8 cm³/mol. The van der Waals surface area contributed by atoms with Crippen molar-refractivity contribution in [1.29, 1.82) is 0 Å². The third kappa shape index (κ3) is 4.88. The zero-order chi connectivity index (χ0) is 8.20. The first-order chi connectivity index (χ1) is 4.48. The van der Waals surface area contributed by atoms with E-state index in [1.807, 2.05) is 0 Å². The quantitative estimate of drug-likeness (QED) is 0.562. The maximum Gasteiger partial charge on any atom is 0.225 e. The molecule has 0 rings (SSSR count). The number of thioether (sulfide) groups is 1. The van der Waals surface area contributed by atoms with Gasteiger partial charge in [0, 0.05) is 12.3 Å². The molecule has 0 saturated carbocycles. The fraction of sp³-hybridized carbons (Fsp3) is 1.00. The number of aliphatic hydroxyl groups is 1. The summed E-state index contributed by atoms with van der Waals surface area (Å²) >= 11 is 17.1. The van der Waals surface area contributed by atoms with Crippen LogP contribution in [-0.2, 0) is 0 Å². The van der Waals surface area contributed by atoms with Gasteiger partial charge in [-0.15, -0.1) is 11.8 Å². The molecule has 0 fully saturated rings. The molecule has 3 N–H and O–H groups in total. The molecule has 62 valence electrons. The van der Waals surface area contributed by atoms with Crippen molar-refractivity contribution in [2.75, 3.05) is 12.3 Å². The van der Waals surface area contributed by atoms with Gasteiger partial charge in [-0.3, -0.25) is 0 Å². The minimum Gasteiger partial charge on any atom is -0.378 e. The molecule has 0 heterocycles. The van der Waals surface area contributed by atoms with E-state index in [2.05, 4.69) is 0 Å². The molecule has 10 heavy (non-hydrogen) atoms. The molecular formula is C4H8Cl3NOS. The van der Waals surface area contributed by atoms with Gasteiger partial charge >= 0.3 is 0 Å². The zero-order valence-corrected chi connectivity index (χ0v) is 8.14. The number of alkyl halides is 3.